The van der Waals surface area contributed by atoms with Crippen LogP contribution < -0.4 is 20.7 Å². The molecule has 0 saturated carbocycles. The minimum absolute atomic E-state index is 0.559. The van der Waals surface area contributed by atoms with Gasteiger partial charge in [0.1, 0.15) is 0 Å². The maximum atomic E-state index is 9.79. The van der Waals surface area contributed by atoms with Gasteiger partial charge in [-0.25, -0.2) is 9.69 Å². The molecule has 0 unspecified atom stereocenters. The molecule has 1 aromatic heterocycles. The van der Waals surface area contributed by atoms with Crippen LogP contribution in [0.15, 0.2) is 170 Å². The van der Waals surface area contributed by atoms with Gasteiger partial charge in [-0.2, -0.15) is 5.26 Å². The number of fused-ring (bicyclic) bond motifs is 3. The molecule has 0 aliphatic carbocycles. The molecular weight excluding hydrogens is 625 g/mol. The van der Waals surface area contributed by atoms with Crippen molar-refractivity contribution in [3.05, 3.63) is 198 Å². The van der Waals surface area contributed by atoms with Gasteiger partial charge in [-0.05, 0) is 68.1 Å². The lowest BCUT2D eigenvalue weighted by Crippen LogP contribution is -2.75. The topological polar surface area (TPSA) is 37.4 Å². The zero-order chi connectivity index (χ0) is 34.1. The van der Waals surface area contributed by atoms with Crippen LogP contribution in [0.25, 0.3) is 48.3 Å². The van der Waals surface area contributed by atoms with Gasteiger partial charge in [0.2, 0.25) is 0 Å². The number of hydrogen-bond acceptors (Lipinski definition) is 1. The Labute approximate surface area is 292 Å². The second kappa shape index (κ2) is 12.6. The highest BCUT2D eigenvalue weighted by Crippen LogP contribution is 2.38. The second-order valence-corrected chi connectivity index (χ2v) is 16.0. The van der Waals surface area contributed by atoms with Gasteiger partial charge in [-0.15, -0.1) is 0 Å². The molecule has 0 bridgehead atoms. The summed E-state index contributed by atoms with van der Waals surface area (Å²) in [6, 6.07) is 61.0. The summed E-state index contributed by atoms with van der Waals surface area (Å²) < 4.78 is 2.27. The van der Waals surface area contributed by atoms with Gasteiger partial charge < -0.3 is 4.57 Å². The predicted octanol–water partition coefficient (Wildman–Crippen LogP) is 8.80. The minimum Gasteiger partial charge on any atom is -0.309 e. The summed E-state index contributed by atoms with van der Waals surface area (Å²) in [6.07, 6.45) is 0. The third kappa shape index (κ3) is 4.80. The Kier molecular flexibility index (Phi) is 7.63. The summed E-state index contributed by atoms with van der Waals surface area (Å²) in [5.41, 5.74) is 6.89. The van der Waals surface area contributed by atoms with E-state index in [0.717, 1.165) is 38.6 Å². The van der Waals surface area contributed by atoms with Gasteiger partial charge in [-0.3, -0.25) is 0 Å². The van der Waals surface area contributed by atoms with Crippen molar-refractivity contribution in [3.8, 4) is 22.9 Å². The fourth-order valence-corrected chi connectivity index (χ4v) is 12.4. The molecule has 0 aliphatic rings. The first-order chi connectivity index (χ1) is 24.7. The van der Waals surface area contributed by atoms with E-state index in [1.807, 2.05) is 48.5 Å². The molecule has 50 heavy (non-hydrogen) atoms. The lowest BCUT2D eigenvalue weighted by molar-refractivity contribution is 1.18. The predicted molar refractivity (Wildman–Crippen MR) is 207 cm³/mol. The molecule has 8 aromatic rings. The Bertz CT molecular complexity index is 2560. The van der Waals surface area contributed by atoms with Gasteiger partial charge in [-0.1, -0.05) is 133 Å². The highest BCUT2D eigenvalue weighted by molar-refractivity contribution is 7.20. The minimum atomic E-state index is -2.98. The van der Waals surface area contributed by atoms with Gasteiger partial charge >= 0.3 is 0 Å². The lowest BCUT2D eigenvalue weighted by atomic mass is 10.0. The van der Waals surface area contributed by atoms with Crippen LogP contribution in [0.5, 0.6) is 0 Å². The van der Waals surface area contributed by atoms with Crippen molar-refractivity contribution in [2.45, 2.75) is 0 Å². The SMILES string of the molecule is [C-]#[N+]c1ccc([Si](c2ccccc2)(c2ccccc2)c2ccccc2-c2ccccc2-n2c3ccc(C#N)cc3c3cc([N+]#[C-])ccc32)cc1. The monoisotopic (exact) mass is 652 g/mol. The Balaban J connectivity index is 1.48. The van der Waals surface area contributed by atoms with Gasteiger partial charge in [0.25, 0.3) is 0 Å². The van der Waals surface area contributed by atoms with Crippen LogP contribution >= 0.6 is 0 Å². The molecule has 7 aromatic carbocycles. The van der Waals surface area contributed by atoms with E-state index in [1.165, 1.54) is 20.7 Å². The summed E-state index contributed by atoms with van der Waals surface area (Å²) in [5.74, 6) is 0. The van der Waals surface area contributed by atoms with Crippen LogP contribution in [-0.2, 0) is 0 Å². The molecule has 0 spiro atoms. The molecular formula is C45H28N4Si. The Morgan fingerprint density at radius 3 is 1.66 bits per heavy atom. The van der Waals surface area contributed by atoms with E-state index in [2.05, 4.69) is 142 Å². The summed E-state index contributed by atoms with van der Waals surface area (Å²) >= 11 is 0. The Morgan fingerprint density at radius 2 is 1.02 bits per heavy atom. The average Bonchev–Trinajstić information content (AvgIpc) is 3.52. The summed E-state index contributed by atoms with van der Waals surface area (Å²) in [7, 11) is -2.98. The van der Waals surface area contributed by atoms with E-state index in [0.29, 0.717) is 16.9 Å². The maximum Gasteiger partial charge on any atom is 0.188 e. The fraction of sp³-hybridized carbons (Fsp3) is 0. The van der Waals surface area contributed by atoms with E-state index in [4.69, 9.17) is 13.1 Å². The van der Waals surface area contributed by atoms with E-state index in [1.54, 1.807) is 0 Å². The number of benzene rings is 7. The summed E-state index contributed by atoms with van der Waals surface area (Å²) in [4.78, 5) is 7.43. The van der Waals surface area contributed by atoms with Crippen LogP contribution in [0.3, 0.4) is 0 Å². The largest absolute Gasteiger partial charge is 0.309 e. The number of rotatable bonds is 6. The normalized spacial score (nSPS) is 11.1. The first-order valence-corrected chi connectivity index (χ1v) is 18.3. The number of nitrogens with zero attached hydrogens (tertiary/aromatic N) is 4. The van der Waals surface area contributed by atoms with Crippen molar-refractivity contribution in [1.82, 2.24) is 4.57 Å². The quantitative estimate of drug-likeness (QED) is 0.101. The third-order valence-electron chi connectivity index (χ3n) is 9.62. The standard InChI is InChI=1S/C45H28N4Si/c1-47-33-22-25-37(26-23-33)50(35-13-5-3-6-14-35,36-15-7-4-8-16-36)45-20-12-10-18-39(45)38-17-9-11-19-42(38)49-43-27-21-32(31-46)29-40(43)41-30-34(48-2)24-28-44(41)49/h3-30H. The lowest BCUT2D eigenvalue weighted by Gasteiger charge is -2.36. The fourth-order valence-electron chi connectivity index (χ4n) is 7.48. The molecule has 5 heteroatoms. The number of aromatic nitrogens is 1. The Hall–Kier alpha value is -6.97. The number of nitriles is 1. The zero-order valence-corrected chi connectivity index (χ0v) is 28.0. The van der Waals surface area contributed by atoms with E-state index < -0.39 is 8.07 Å². The molecule has 0 saturated heterocycles. The second-order valence-electron chi connectivity index (χ2n) is 12.2. The van der Waals surface area contributed by atoms with E-state index >= 15 is 0 Å². The molecule has 0 N–H and O–H groups in total. The molecule has 0 aliphatic heterocycles. The molecule has 4 nitrogen and oxygen atoms in total. The van der Waals surface area contributed by atoms with Crippen LogP contribution in [0.2, 0.25) is 0 Å². The van der Waals surface area contributed by atoms with Crippen LogP contribution in [0.1, 0.15) is 5.56 Å². The average molecular weight is 653 g/mol. The van der Waals surface area contributed by atoms with Gasteiger partial charge in [0.15, 0.2) is 19.4 Å². The van der Waals surface area contributed by atoms with E-state index in [-0.39, 0.29) is 0 Å². The molecule has 0 fully saturated rings. The van der Waals surface area contributed by atoms with Crippen molar-refractivity contribution in [2.75, 3.05) is 0 Å². The molecule has 8 rings (SSSR count). The van der Waals surface area contributed by atoms with Crippen molar-refractivity contribution in [2.24, 2.45) is 0 Å². The van der Waals surface area contributed by atoms with E-state index in [9.17, 15) is 5.26 Å². The third-order valence-corrected chi connectivity index (χ3v) is 14.5. The van der Waals surface area contributed by atoms with Crippen molar-refractivity contribution in [3.63, 3.8) is 0 Å². The van der Waals surface area contributed by atoms with Crippen molar-refractivity contribution in [1.29, 1.82) is 5.26 Å². The van der Waals surface area contributed by atoms with Crippen LogP contribution in [0.4, 0.5) is 11.4 Å². The first kappa shape index (κ1) is 30.4. The van der Waals surface area contributed by atoms with Crippen molar-refractivity contribution >= 4 is 62.0 Å². The zero-order valence-electron chi connectivity index (χ0n) is 27.0. The van der Waals surface area contributed by atoms with Crippen LogP contribution in [0, 0.1) is 24.5 Å². The number of para-hydroxylation sites is 1. The molecule has 232 valence electrons. The molecule has 0 amide bonds. The summed E-state index contributed by atoms with van der Waals surface area (Å²) in [6.45, 7) is 15.4. The maximum absolute atomic E-state index is 9.79. The first-order valence-electron chi connectivity index (χ1n) is 16.3. The highest BCUT2D eigenvalue weighted by atomic mass is 28.3. The summed E-state index contributed by atoms with van der Waals surface area (Å²) in [5, 5.41) is 16.6. The number of hydrogen-bond donors (Lipinski definition) is 0. The molecule has 1 heterocycles. The molecule has 0 radical (unpaired) electrons. The van der Waals surface area contributed by atoms with Gasteiger partial charge in [0, 0.05) is 10.9 Å². The van der Waals surface area contributed by atoms with Crippen molar-refractivity contribution < 1.29 is 0 Å². The Morgan fingerprint density at radius 1 is 0.500 bits per heavy atom. The van der Waals surface area contributed by atoms with Crippen LogP contribution in [-0.4, -0.2) is 12.6 Å². The smallest absolute Gasteiger partial charge is 0.188 e. The molecule has 0 atom stereocenters. The van der Waals surface area contributed by atoms with Gasteiger partial charge in [0.05, 0.1) is 41.5 Å². The highest BCUT2D eigenvalue weighted by Gasteiger charge is 2.43.